The third-order valence-electron chi connectivity index (χ3n) is 2.11. The minimum atomic E-state index is -0.558. The lowest BCUT2D eigenvalue weighted by Crippen LogP contribution is -2.33. The number of nitrogens with two attached hydrogens (primary N) is 2. The molecule has 7 heteroatoms. The van der Waals surface area contributed by atoms with E-state index in [1.165, 1.54) is 0 Å². The zero-order valence-electron chi connectivity index (χ0n) is 9.06. The number of urea groups is 1. The van der Waals surface area contributed by atoms with E-state index in [9.17, 15) is 4.79 Å². The van der Waals surface area contributed by atoms with E-state index in [4.69, 9.17) is 15.9 Å². The number of carbonyl (C=O) groups is 1. The molecule has 2 rings (SSSR count). The first-order valence-corrected chi connectivity index (χ1v) is 5.08. The van der Waals surface area contributed by atoms with Crippen molar-refractivity contribution in [1.82, 2.24) is 10.3 Å². The van der Waals surface area contributed by atoms with Crippen LogP contribution in [0.25, 0.3) is 11.1 Å². The number of anilines is 2. The molecule has 0 atom stereocenters. The molecule has 0 aliphatic heterocycles. The molecular formula is C10H13N5O2. The number of rotatable bonds is 4. The van der Waals surface area contributed by atoms with Crippen molar-refractivity contribution in [2.45, 2.75) is 0 Å². The summed E-state index contributed by atoms with van der Waals surface area (Å²) in [5, 5.41) is 5.37. The van der Waals surface area contributed by atoms with Gasteiger partial charge in [0.15, 0.2) is 5.58 Å². The highest BCUT2D eigenvalue weighted by Crippen LogP contribution is 2.20. The number of amides is 2. The van der Waals surface area contributed by atoms with Crippen molar-refractivity contribution in [3.8, 4) is 0 Å². The Balaban J connectivity index is 1.97. The molecule has 6 N–H and O–H groups in total. The minimum absolute atomic E-state index is 0.386. The molecule has 0 unspecified atom stereocenters. The second-order valence-electron chi connectivity index (χ2n) is 3.46. The Kier molecular flexibility index (Phi) is 2.99. The minimum Gasteiger partial charge on any atom is -0.424 e. The number of aromatic nitrogens is 1. The lowest BCUT2D eigenvalue weighted by atomic mass is 10.3. The van der Waals surface area contributed by atoms with Crippen molar-refractivity contribution < 1.29 is 9.21 Å². The summed E-state index contributed by atoms with van der Waals surface area (Å²) >= 11 is 0. The van der Waals surface area contributed by atoms with E-state index in [2.05, 4.69) is 15.6 Å². The van der Waals surface area contributed by atoms with E-state index in [1.54, 1.807) is 18.2 Å². The molecule has 2 aromatic rings. The first kappa shape index (κ1) is 11.1. The summed E-state index contributed by atoms with van der Waals surface area (Å²) in [7, 11) is 0. The van der Waals surface area contributed by atoms with Gasteiger partial charge in [0.05, 0.1) is 0 Å². The average molecular weight is 235 g/mol. The van der Waals surface area contributed by atoms with Gasteiger partial charge in [-0.3, -0.25) is 0 Å². The summed E-state index contributed by atoms with van der Waals surface area (Å²) in [5.74, 6) is 0. The predicted octanol–water partition coefficient (Wildman–Crippen LogP) is 0.490. The van der Waals surface area contributed by atoms with Crippen molar-refractivity contribution in [2.75, 3.05) is 24.1 Å². The highest BCUT2D eigenvalue weighted by Gasteiger charge is 2.04. The molecule has 1 aromatic heterocycles. The second kappa shape index (κ2) is 4.60. The number of benzene rings is 1. The van der Waals surface area contributed by atoms with Gasteiger partial charge in [0.2, 0.25) is 0 Å². The molecule has 0 aliphatic carbocycles. The molecule has 1 aromatic carbocycles. The van der Waals surface area contributed by atoms with Crippen LogP contribution in [0, 0.1) is 0 Å². The van der Waals surface area contributed by atoms with Crippen LogP contribution in [0.4, 0.5) is 16.5 Å². The molecule has 2 amide bonds. The number of nitrogens with zero attached hydrogens (tertiary/aromatic N) is 1. The zero-order valence-corrected chi connectivity index (χ0v) is 9.06. The Morgan fingerprint density at radius 2 is 2.24 bits per heavy atom. The number of primary amides is 1. The van der Waals surface area contributed by atoms with Crippen LogP contribution < -0.4 is 22.1 Å². The van der Waals surface area contributed by atoms with Gasteiger partial charge in [0.1, 0.15) is 5.52 Å². The van der Waals surface area contributed by atoms with Gasteiger partial charge >= 0.3 is 6.03 Å². The fourth-order valence-corrected chi connectivity index (χ4v) is 1.38. The third-order valence-corrected chi connectivity index (χ3v) is 2.11. The maximum Gasteiger partial charge on any atom is 0.312 e. The highest BCUT2D eigenvalue weighted by atomic mass is 16.4. The molecule has 17 heavy (non-hydrogen) atoms. The number of fused-ring (bicyclic) bond motifs is 1. The summed E-state index contributed by atoms with van der Waals surface area (Å²) < 4.78 is 5.41. The molecule has 0 saturated carbocycles. The number of hydrogen-bond acceptors (Lipinski definition) is 5. The number of hydrogen-bond donors (Lipinski definition) is 4. The van der Waals surface area contributed by atoms with E-state index in [0.717, 1.165) is 0 Å². The van der Waals surface area contributed by atoms with E-state index in [-0.39, 0.29) is 0 Å². The van der Waals surface area contributed by atoms with Crippen LogP contribution in [-0.4, -0.2) is 24.1 Å². The molecule has 0 aliphatic rings. The van der Waals surface area contributed by atoms with Crippen molar-refractivity contribution in [1.29, 1.82) is 0 Å². The SMILES string of the molecule is NC(=O)NCCNc1nc2cc(N)ccc2o1. The molecule has 0 radical (unpaired) electrons. The largest absolute Gasteiger partial charge is 0.424 e. The monoisotopic (exact) mass is 235 g/mol. The first-order chi connectivity index (χ1) is 8.15. The fourth-order valence-electron chi connectivity index (χ4n) is 1.38. The van der Waals surface area contributed by atoms with Gasteiger partial charge in [-0.2, -0.15) is 4.98 Å². The van der Waals surface area contributed by atoms with E-state index in [1.807, 2.05) is 0 Å². The second-order valence-corrected chi connectivity index (χ2v) is 3.46. The molecule has 0 fully saturated rings. The summed E-state index contributed by atoms with van der Waals surface area (Å²) in [6.45, 7) is 0.876. The zero-order chi connectivity index (χ0) is 12.3. The van der Waals surface area contributed by atoms with Crippen molar-refractivity contribution in [3.05, 3.63) is 18.2 Å². The average Bonchev–Trinajstić information content (AvgIpc) is 2.66. The van der Waals surface area contributed by atoms with Gasteiger partial charge in [-0.05, 0) is 18.2 Å². The molecule has 7 nitrogen and oxygen atoms in total. The van der Waals surface area contributed by atoms with E-state index < -0.39 is 6.03 Å². The smallest absolute Gasteiger partial charge is 0.312 e. The van der Waals surface area contributed by atoms with E-state index >= 15 is 0 Å². The maximum absolute atomic E-state index is 10.4. The number of nitrogens with one attached hydrogen (secondary N) is 2. The summed E-state index contributed by atoms with van der Waals surface area (Å²) in [6, 6.07) is 5.05. The molecule has 0 spiro atoms. The first-order valence-electron chi connectivity index (χ1n) is 5.08. The van der Waals surface area contributed by atoms with Gasteiger partial charge in [0, 0.05) is 18.8 Å². The van der Waals surface area contributed by atoms with Crippen molar-refractivity contribution in [3.63, 3.8) is 0 Å². The lowest BCUT2D eigenvalue weighted by Gasteiger charge is -2.01. The quantitative estimate of drug-likeness (QED) is 0.454. The molecule has 0 bridgehead atoms. The number of carbonyl (C=O) groups excluding carboxylic acids is 1. The van der Waals surface area contributed by atoms with Crippen molar-refractivity contribution in [2.24, 2.45) is 5.73 Å². The Hall–Kier alpha value is -2.44. The van der Waals surface area contributed by atoms with Gasteiger partial charge in [-0.1, -0.05) is 0 Å². The molecular weight excluding hydrogens is 222 g/mol. The topological polar surface area (TPSA) is 119 Å². The molecule has 1 heterocycles. The standard InChI is InChI=1S/C10H13N5O2/c11-6-1-2-8-7(5-6)15-10(17-8)14-4-3-13-9(12)16/h1-2,5H,3-4,11H2,(H,14,15)(H3,12,13,16). The fraction of sp³-hybridized carbons (Fsp3) is 0.200. The van der Waals surface area contributed by atoms with Crippen LogP contribution >= 0.6 is 0 Å². The molecule has 90 valence electrons. The molecule has 0 saturated heterocycles. The lowest BCUT2D eigenvalue weighted by molar-refractivity contribution is 0.249. The van der Waals surface area contributed by atoms with Gasteiger partial charge in [0.25, 0.3) is 6.01 Å². The van der Waals surface area contributed by atoms with Crippen LogP contribution in [0.2, 0.25) is 0 Å². The van der Waals surface area contributed by atoms with E-state index in [0.29, 0.717) is 35.9 Å². The van der Waals surface area contributed by atoms with Crippen LogP contribution in [0.1, 0.15) is 0 Å². The predicted molar refractivity (Wildman–Crippen MR) is 64.5 cm³/mol. The maximum atomic E-state index is 10.4. The Labute approximate surface area is 97.2 Å². The van der Waals surface area contributed by atoms with Crippen LogP contribution in [-0.2, 0) is 0 Å². The third kappa shape index (κ3) is 2.77. The van der Waals surface area contributed by atoms with Crippen LogP contribution in [0.3, 0.4) is 0 Å². The summed E-state index contributed by atoms with van der Waals surface area (Å²) in [6.07, 6.45) is 0. The van der Waals surface area contributed by atoms with Gasteiger partial charge in [-0.25, -0.2) is 4.79 Å². The number of nitrogen functional groups attached to an aromatic ring is 1. The van der Waals surface area contributed by atoms with Crippen LogP contribution in [0.15, 0.2) is 22.6 Å². The van der Waals surface area contributed by atoms with Crippen molar-refractivity contribution >= 4 is 28.8 Å². The Bertz CT molecular complexity index is 536. The summed E-state index contributed by atoms with van der Waals surface area (Å²) in [4.78, 5) is 14.6. The Morgan fingerprint density at radius 3 is 3.00 bits per heavy atom. The van der Waals surface area contributed by atoms with Gasteiger partial charge in [-0.15, -0.1) is 0 Å². The normalized spacial score (nSPS) is 10.4. The Morgan fingerprint density at radius 1 is 1.41 bits per heavy atom. The van der Waals surface area contributed by atoms with Gasteiger partial charge < -0.3 is 26.5 Å². The number of oxazole rings is 1. The van der Waals surface area contributed by atoms with Crippen LogP contribution in [0.5, 0.6) is 0 Å². The summed E-state index contributed by atoms with van der Waals surface area (Å²) in [5.41, 5.74) is 12.5. The highest BCUT2D eigenvalue weighted by molar-refractivity contribution is 5.78.